The van der Waals surface area contributed by atoms with Gasteiger partial charge >= 0.3 is 0 Å². The molecule has 0 aromatic heterocycles. The Bertz CT molecular complexity index is 1190. The predicted octanol–water partition coefficient (Wildman–Crippen LogP) is 5.91. The fourth-order valence-electron chi connectivity index (χ4n) is 5.42. The fraction of sp³-hybridized carbons (Fsp3) is 0.406. The SMILES string of the molecule is COc1cccc([C@H]2CN(Cc3ccc(N(C)C)cc3)C[C@@H]2CN(CC(C)C)C(=O)c2ccc(F)cc2)c1. The molecule has 0 saturated carbocycles. The minimum atomic E-state index is -0.333. The van der Waals surface area contributed by atoms with Gasteiger partial charge in [-0.15, -0.1) is 0 Å². The highest BCUT2D eigenvalue weighted by Crippen LogP contribution is 2.36. The van der Waals surface area contributed by atoms with Gasteiger partial charge in [-0.05, 0) is 71.5 Å². The highest BCUT2D eigenvalue weighted by atomic mass is 19.1. The largest absolute Gasteiger partial charge is 0.497 e. The Balaban J connectivity index is 1.58. The number of benzene rings is 3. The molecule has 0 bridgehead atoms. The van der Waals surface area contributed by atoms with Crippen LogP contribution in [0.25, 0.3) is 0 Å². The van der Waals surface area contributed by atoms with Gasteiger partial charge in [0.1, 0.15) is 11.6 Å². The third-order valence-corrected chi connectivity index (χ3v) is 7.32. The number of hydrogen-bond donors (Lipinski definition) is 0. The van der Waals surface area contributed by atoms with E-state index in [9.17, 15) is 9.18 Å². The summed E-state index contributed by atoms with van der Waals surface area (Å²) in [7, 11) is 5.80. The zero-order chi connectivity index (χ0) is 27.2. The van der Waals surface area contributed by atoms with Gasteiger partial charge in [-0.25, -0.2) is 4.39 Å². The van der Waals surface area contributed by atoms with Crippen LogP contribution < -0.4 is 9.64 Å². The second-order valence-corrected chi connectivity index (χ2v) is 11.0. The van der Waals surface area contributed by atoms with Crippen molar-refractivity contribution in [2.45, 2.75) is 26.3 Å². The van der Waals surface area contributed by atoms with E-state index in [2.05, 4.69) is 74.1 Å². The molecular weight excluding hydrogens is 477 g/mol. The number of nitrogens with zero attached hydrogens (tertiary/aromatic N) is 3. The number of ether oxygens (including phenoxy) is 1. The van der Waals surface area contributed by atoms with Crippen molar-refractivity contribution in [2.24, 2.45) is 11.8 Å². The second kappa shape index (κ2) is 12.4. The van der Waals surface area contributed by atoms with Crippen molar-refractivity contribution < 1.29 is 13.9 Å². The van der Waals surface area contributed by atoms with Crippen LogP contribution in [-0.2, 0) is 6.54 Å². The average Bonchev–Trinajstić information content (AvgIpc) is 3.30. The number of likely N-dealkylation sites (tertiary alicyclic amines) is 1. The molecule has 0 aliphatic carbocycles. The van der Waals surface area contributed by atoms with Crippen LogP contribution in [0.5, 0.6) is 5.75 Å². The van der Waals surface area contributed by atoms with Crippen LogP contribution in [0.2, 0.25) is 0 Å². The summed E-state index contributed by atoms with van der Waals surface area (Å²) in [6.07, 6.45) is 0. The van der Waals surface area contributed by atoms with Crippen molar-refractivity contribution in [3.8, 4) is 5.75 Å². The maximum absolute atomic E-state index is 13.5. The molecule has 0 unspecified atom stereocenters. The zero-order valence-electron chi connectivity index (χ0n) is 23.2. The van der Waals surface area contributed by atoms with Crippen LogP contribution in [0.3, 0.4) is 0 Å². The molecule has 1 aliphatic heterocycles. The van der Waals surface area contributed by atoms with Crippen LogP contribution in [0, 0.1) is 17.7 Å². The topological polar surface area (TPSA) is 36.0 Å². The molecule has 3 aromatic rings. The number of halogens is 1. The van der Waals surface area contributed by atoms with Gasteiger partial charge in [0, 0.05) is 64.0 Å². The molecule has 38 heavy (non-hydrogen) atoms. The van der Waals surface area contributed by atoms with Crippen molar-refractivity contribution in [2.75, 3.05) is 52.3 Å². The van der Waals surface area contributed by atoms with Crippen molar-refractivity contribution in [3.63, 3.8) is 0 Å². The molecule has 3 aromatic carbocycles. The minimum Gasteiger partial charge on any atom is -0.497 e. The van der Waals surface area contributed by atoms with E-state index in [-0.39, 0.29) is 23.6 Å². The van der Waals surface area contributed by atoms with Gasteiger partial charge in [-0.2, -0.15) is 0 Å². The van der Waals surface area contributed by atoms with E-state index in [1.165, 1.54) is 28.9 Å². The number of amides is 1. The number of methoxy groups -OCH3 is 1. The number of hydrogen-bond acceptors (Lipinski definition) is 4. The molecular formula is C32H40FN3O2. The molecule has 1 saturated heterocycles. The van der Waals surface area contributed by atoms with Crippen molar-refractivity contribution >= 4 is 11.6 Å². The van der Waals surface area contributed by atoms with Crippen LogP contribution >= 0.6 is 0 Å². The van der Waals surface area contributed by atoms with E-state index in [0.29, 0.717) is 24.6 Å². The number of carbonyl (C=O) groups excluding carboxylic acids is 1. The number of anilines is 1. The smallest absolute Gasteiger partial charge is 0.253 e. The Morgan fingerprint density at radius 1 is 1.03 bits per heavy atom. The first-order chi connectivity index (χ1) is 18.2. The first kappa shape index (κ1) is 27.6. The van der Waals surface area contributed by atoms with E-state index in [1.54, 1.807) is 19.2 Å². The van der Waals surface area contributed by atoms with Crippen LogP contribution in [-0.4, -0.2) is 63.1 Å². The molecule has 1 amide bonds. The van der Waals surface area contributed by atoms with Crippen LogP contribution in [0.1, 0.15) is 41.3 Å². The van der Waals surface area contributed by atoms with Gasteiger partial charge in [0.2, 0.25) is 0 Å². The summed E-state index contributed by atoms with van der Waals surface area (Å²) in [6.45, 7) is 8.22. The summed E-state index contributed by atoms with van der Waals surface area (Å²) in [5, 5.41) is 0. The molecule has 1 fully saturated rings. The van der Waals surface area contributed by atoms with E-state index in [4.69, 9.17) is 4.74 Å². The van der Waals surface area contributed by atoms with Gasteiger partial charge in [0.25, 0.3) is 5.91 Å². The number of rotatable bonds is 10. The summed E-state index contributed by atoms with van der Waals surface area (Å²) >= 11 is 0. The lowest BCUT2D eigenvalue weighted by atomic mass is 9.88. The van der Waals surface area contributed by atoms with Crippen molar-refractivity contribution in [1.29, 1.82) is 0 Å². The van der Waals surface area contributed by atoms with E-state index in [1.807, 2.05) is 17.0 Å². The molecule has 6 heteroatoms. The third kappa shape index (κ3) is 6.93. The lowest BCUT2D eigenvalue weighted by Crippen LogP contribution is -2.39. The lowest BCUT2D eigenvalue weighted by Gasteiger charge is -2.30. The molecule has 5 nitrogen and oxygen atoms in total. The van der Waals surface area contributed by atoms with E-state index < -0.39 is 0 Å². The fourth-order valence-corrected chi connectivity index (χ4v) is 5.42. The zero-order valence-corrected chi connectivity index (χ0v) is 23.2. The van der Waals surface area contributed by atoms with Crippen molar-refractivity contribution in [3.05, 3.63) is 95.3 Å². The van der Waals surface area contributed by atoms with Crippen LogP contribution in [0.4, 0.5) is 10.1 Å². The second-order valence-electron chi connectivity index (χ2n) is 11.0. The average molecular weight is 518 g/mol. The first-order valence-electron chi connectivity index (χ1n) is 13.4. The molecule has 0 spiro atoms. The van der Waals surface area contributed by atoms with Gasteiger partial charge in [0.15, 0.2) is 0 Å². The normalized spacial score (nSPS) is 17.6. The van der Waals surface area contributed by atoms with Gasteiger partial charge in [-0.1, -0.05) is 38.1 Å². The third-order valence-electron chi connectivity index (χ3n) is 7.32. The van der Waals surface area contributed by atoms with Gasteiger partial charge < -0.3 is 14.5 Å². The first-order valence-corrected chi connectivity index (χ1v) is 13.4. The molecule has 2 atom stereocenters. The summed E-state index contributed by atoms with van der Waals surface area (Å²) in [5.41, 5.74) is 4.23. The predicted molar refractivity (Wildman–Crippen MR) is 152 cm³/mol. The number of carbonyl (C=O) groups is 1. The Labute approximate surface area is 226 Å². The Morgan fingerprint density at radius 2 is 1.74 bits per heavy atom. The molecule has 4 rings (SSSR count). The Hall–Kier alpha value is -3.38. The Morgan fingerprint density at radius 3 is 2.37 bits per heavy atom. The summed E-state index contributed by atoms with van der Waals surface area (Å²) < 4.78 is 19.1. The molecule has 1 aliphatic rings. The van der Waals surface area contributed by atoms with E-state index in [0.717, 1.165) is 25.4 Å². The maximum atomic E-state index is 13.5. The summed E-state index contributed by atoms with van der Waals surface area (Å²) in [6, 6.07) is 22.9. The monoisotopic (exact) mass is 517 g/mol. The molecule has 0 radical (unpaired) electrons. The molecule has 1 heterocycles. The Kier molecular flexibility index (Phi) is 9.05. The summed E-state index contributed by atoms with van der Waals surface area (Å²) in [5.74, 6) is 1.32. The summed E-state index contributed by atoms with van der Waals surface area (Å²) in [4.78, 5) is 20.1. The molecule has 202 valence electrons. The highest BCUT2D eigenvalue weighted by molar-refractivity contribution is 5.94. The minimum absolute atomic E-state index is 0.0409. The van der Waals surface area contributed by atoms with Gasteiger partial charge in [0.05, 0.1) is 7.11 Å². The standard InChI is InChI=1S/C32H40FN3O2/c1-23(2)18-36(32(37)25-11-13-28(33)14-12-25)21-27-20-35(19-24-9-15-29(16-10-24)34(3)4)22-31(27)26-7-6-8-30(17-26)38-5/h6-17,23,27,31H,18-22H2,1-5H3/t27-,31-/m1/s1. The maximum Gasteiger partial charge on any atom is 0.253 e. The van der Waals surface area contributed by atoms with Gasteiger partial charge in [-0.3, -0.25) is 9.69 Å². The molecule has 0 N–H and O–H groups in total. The lowest BCUT2D eigenvalue weighted by molar-refractivity contribution is 0.0703. The van der Waals surface area contributed by atoms with E-state index >= 15 is 0 Å². The quantitative estimate of drug-likeness (QED) is 0.335. The van der Waals surface area contributed by atoms with Crippen LogP contribution in [0.15, 0.2) is 72.8 Å². The van der Waals surface area contributed by atoms with Crippen molar-refractivity contribution in [1.82, 2.24) is 9.80 Å². The highest BCUT2D eigenvalue weighted by Gasteiger charge is 2.36.